The van der Waals surface area contributed by atoms with Crippen LogP contribution in [0.1, 0.15) is 5.56 Å². The van der Waals surface area contributed by atoms with Gasteiger partial charge in [-0.15, -0.1) is 10.2 Å². The van der Waals surface area contributed by atoms with E-state index >= 15 is 0 Å². The molecule has 0 bridgehead atoms. The molecule has 2 heterocycles. The van der Waals surface area contributed by atoms with Crippen molar-refractivity contribution in [3.8, 4) is 5.69 Å². The number of nitrogens with one attached hydrogen (secondary N) is 2. The highest BCUT2D eigenvalue weighted by Gasteiger charge is 2.22. The van der Waals surface area contributed by atoms with Crippen molar-refractivity contribution < 1.29 is 14.3 Å². The molecule has 1 aromatic heterocycles. The molecule has 0 atom stereocenters. The Morgan fingerprint density at radius 2 is 1.89 bits per heavy atom. The summed E-state index contributed by atoms with van der Waals surface area (Å²) in [6.07, 6.45) is 0. The number of aryl methyl sites for hydroxylation is 1. The number of benzene rings is 1. The zero-order valence-corrected chi connectivity index (χ0v) is 16.1. The molecule has 2 N–H and O–H groups in total. The van der Waals surface area contributed by atoms with Crippen molar-refractivity contribution in [3.05, 3.63) is 29.8 Å². The lowest BCUT2D eigenvalue weighted by Gasteiger charge is -2.27. The molecule has 1 aliphatic rings. The second-order valence-corrected chi connectivity index (χ2v) is 6.91. The molecule has 0 radical (unpaired) electrons. The number of amides is 3. The molecule has 9 nitrogen and oxygen atoms in total. The molecule has 2 aromatic rings. The first-order valence-electron chi connectivity index (χ1n) is 8.58. The summed E-state index contributed by atoms with van der Waals surface area (Å²) in [6, 6.07) is 7.50. The first-order chi connectivity index (χ1) is 13.1. The molecule has 0 spiro atoms. The van der Waals surface area contributed by atoms with Crippen molar-refractivity contribution >= 4 is 29.6 Å². The van der Waals surface area contributed by atoms with Crippen molar-refractivity contribution in [1.82, 2.24) is 25.4 Å². The van der Waals surface area contributed by atoms with E-state index in [-0.39, 0.29) is 5.75 Å². The van der Waals surface area contributed by atoms with Gasteiger partial charge in [-0.3, -0.25) is 14.7 Å². The van der Waals surface area contributed by atoms with Gasteiger partial charge in [-0.05, 0) is 19.1 Å². The number of aromatic nitrogens is 3. The van der Waals surface area contributed by atoms with Gasteiger partial charge in [-0.2, -0.15) is 0 Å². The standard InChI is InChI=1S/C17H22N6O3S/c1-12-3-5-13(6-4-12)23-16(22-7-9-26-10-8-22)20-21-17(23)27-11-14(24)19-15(25)18-2/h3-6H,7-11H2,1-2H3,(H2,18,19,24,25). The highest BCUT2D eigenvalue weighted by atomic mass is 32.2. The molecule has 3 amide bonds. The number of urea groups is 1. The number of thioether (sulfide) groups is 1. The van der Waals surface area contributed by atoms with E-state index in [9.17, 15) is 9.59 Å². The fourth-order valence-corrected chi connectivity index (χ4v) is 3.35. The van der Waals surface area contributed by atoms with Crippen LogP contribution in [0.3, 0.4) is 0 Å². The molecule has 0 saturated carbocycles. The van der Waals surface area contributed by atoms with E-state index in [0.29, 0.717) is 18.4 Å². The molecular weight excluding hydrogens is 368 g/mol. The number of carbonyl (C=O) groups is 2. The van der Waals surface area contributed by atoms with E-state index in [4.69, 9.17) is 4.74 Å². The summed E-state index contributed by atoms with van der Waals surface area (Å²) in [5, 5.41) is 13.8. The van der Waals surface area contributed by atoms with Gasteiger partial charge in [0.15, 0.2) is 5.16 Å². The molecule has 1 aromatic carbocycles. The fraction of sp³-hybridized carbons (Fsp3) is 0.412. The van der Waals surface area contributed by atoms with Crippen molar-refractivity contribution in [2.45, 2.75) is 12.1 Å². The van der Waals surface area contributed by atoms with Gasteiger partial charge in [0.25, 0.3) is 0 Å². The fourth-order valence-electron chi connectivity index (χ4n) is 2.60. The molecular formula is C17H22N6O3S. The maximum absolute atomic E-state index is 11.9. The third-order valence-electron chi connectivity index (χ3n) is 4.01. The van der Waals surface area contributed by atoms with Gasteiger partial charge < -0.3 is 15.0 Å². The van der Waals surface area contributed by atoms with E-state index < -0.39 is 11.9 Å². The highest BCUT2D eigenvalue weighted by Crippen LogP contribution is 2.27. The topological polar surface area (TPSA) is 101 Å². The maximum Gasteiger partial charge on any atom is 0.321 e. The van der Waals surface area contributed by atoms with Gasteiger partial charge >= 0.3 is 6.03 Å². The van der Waals surface area contributed by atoms with Crippen LogP contribution in [0.2, 0.25) is 0 Å². The number of carbonyl (C=O) groups excluding carboxylic acids is 2. The summed E-state index contributed by atoms with van der Waals surface area (Å²) in [7, 11) is 1.46. The lowest BCUT2D eigenvalue weighted by molar-refractivity contribution is -0.117. The zero-order valence-electron chi connectivity index (χ0n) is 15.3. The van der Waals surface area contributed by atoms with Gasteiger partial charge in [0, 0.05) is 20.1 Å². The molecule has 1 aliphatic heterocycles. The Morgan fingerprint density at radius 3 is 2.56 bits per heavy atom. The maximum atomic E-state index is 11.9. The summed E-state index contributed by atoms with van der Waals surface area (Å²) in [6.45, 7) is 4.75. The van der Waals surface area contributed by atoms with E-state index in [1.165, 1.54) is 18.8 Å². The van der Waals surface area contributed by atoms with Crippen LogP contribution in [-0.2, 0) is 9.53 Å². The predicted octanol–water partition coefficient (Wildman–Crippen LogP) is 0.960. The first kappa shape index (κ1) is 19.2. The van der Waals surface area contributed by atoms with Crippen LogP contribution < -0.4 is 15.5 Å². The number of hydrogen-bond acceptors (Lipinski definition) is 7. The van der Waals surface area contributed by atoms with Crippen LogP contribution in [0.25, 0.3) is 5.69 Å². The van der Waals surface area contributed by atoms with Crippen LogP contribution in [0, 0.1) is 6.92 Å². The van der Waals surface area contributed by atoms with Crippen LogP contribution in [0.5, 0.6) is 0 Å². The normalized spacial score (nSPS) is 14.1. The molecule has 0 aliphatic carbocycles. The van der Waals surface area contributed by atoms with Crippen LogP contribution in [0.15, 0.2) is 29.4 Å². The molecule has 0 unspecified atom stereocenters. The molecule has 27 heavy (non-hydrogen) atoms. The smallest absolute Gasteiger partial charge is 0.321 e. The second-order valence-electron chi connectivity index (χ2n) is 5.97. The number of rotatable bonds is 5. The Kier molecular flexibility index (Phi) is 6.30. The van der Waals surface area contributed by atoms with Crippen molar-refractivity contribution in [2.24, 2.45) is 0 Å². The number of hydrogen-bond donors (Lipinski definition) is 2. The average molecular weight is 390 g/mol. The summed E-state index contributed by atoms with van der Waals surface area (Å²) in [4.78, 5) is 25.3. The third-order valence-corrected chi connectivity index (χ3v) is 4.94. The number of anilines is 1. The summed E-state index contributed by atoms with van der Waals surface area (Å²) < 4.78 is 7.35. The Morgan fingerprint density at radius 1 is 1.19 bits per heavy atom. The largest absolute Gasteiger partial charge is 0.378 e. The van der Waals surface area contributed by atoms with Crippen LogP contribution >= 0.6 is 11.8 Å². The van der Waals surface area contributed by atoms with Gasteiger partial charge in [-0.25, -0.2) is 4.79 Å². The van der Waals surface area contributed by atoms with Crippen molar-refractivity contribution in [1.29, 1.82) is 0 Å². The lowest BCUT2D eigenvalue weighted by Crippen LogP contribution is -2.38. The van der Waals surface area contributed by atoms with E-state index in [1.807, 2.05) is 35.8 Å². The molecule has 3 rings (SSSR count). The Labute approximate surface area is 161 Å². The Bertz CT molecular complexity index is 802. The highest BCUT2D eigenvalue weighted by molar-refractivity contribution is 7.99. The monoisotopic (exact) mass is 390 g/mol. The number of imide groups is 1. The van der Waals surface area contributed by atoms with Gasteiger partial charge in [0.1, 0.15) is 0 Å². The molecule has 10 heteroatoms. The summed E-state index contributed by atoms with van der Waals surface area (Å²) in [5.74, 6) is 0.377. The quantitative estimate of drug-likeness (QED) is 0.733. The minimum absolute atomic E-state index is 0.0561. The molecule has 1 fully saturated rings. The Hall–Kier alpha value is -2.59. The van der Waals surface area contributed by atoms with Gasteiger partial charge in [0.05, 0.1) is 24.7 Å². The van der Waals surface area contributed by atoms with E-state index in [2.05, 4.69) is 25.7 Å². The second kappa shape index (κ2) is 8.87. The number of morpholine rings is 1. The number of ether oxygens (including phenoxy) is 1. The van der Waals surface area contributed by atoms with Crippen LogP contribution in [-0.4, -0.2) is 65.8 Å². The predicted molar refractivity (Wildman–Crippen MR) is 102 cm³/mol. The lowest BCUT2D eigenvalue weighted by atomic mass is 10.2. The SMILES string of the molecule is CNC(=O)NC(=O)CSc1nnc(N2CCOCC2)n1-c1ccc(C)cc1. The van der Waals surface area contributed by atoms with Crippen molar-refractivity contribution in [3.63, 3.8) is 0 Å². The van der Waals surface area contributed by atoms with Crippen LogP contribution in [0.4, 0.5) is 10.7 Å². The third kappa shape index (κ3) is 4.77. The minimum atomic E-state index is -0.533. The summed E-state index contributed by atoms with van der Waals surface area (Å²) >= 11 is 1.23. The average Bonchev–Trinajstić information content (AvgIpc) is 3.11. The molecule has 1 saturated heterocycles. The molecule has 144 valence electrons. The zero-order chi connectivity index (χ0) is 19.2. The van der Waals surface area contributed by atoms with Gasteiger partial charge in [-0.1, -0.05) is 29.5 Å². The van der Waals surface area contributed by atoms with Gasteiger partial charge in [0.2, 0.25) is 11.9 Å². The Balaban J connectivity index is 1.84. The summed E-state index contributed by atoms with van der Waals surface area (Å²) in [5.41, 5.74) is 2.07. The van der Waals surface area contributed by atoms with Crippen molar-refractivity contribution in [2.75, 3.05) is 44.0 Å². The minimum Gasteiger partial charge on any atom is -0.378 e. The number of nitrogens with zero attached hydrogens (tertiary/aromatic N) is 4. The first-order valence-corrected chi connectivity index (χ1v) is 9.56. The van der Waals surface area contributed by atoms with E-state index in [1.54, 1.807) is 0 Å². The van der Waals surface area contributed by atoms with E-state index in [0.717, 1.165) is 30.3 Å².